The number of amides is 1. The normalized spacial score (nSPS) is 15.5. The maximum absolute atomic E-state index is 11.1. The van der Waals surface area contributed by atoms with Gasteiger partial charge in [0.2, 0.25) is 0 Å². The molecule has 4 heteroatoms. The van der Waals surface area contributed by atoms with E-state index in [1.165, 1.54) is 0 Å². The third-order valence-electron chi connectivity index (χ3n) is 1.82. The molecule has 0 spiro atoms. The summed E-state index contributed by atoms with van der Waals surface area (Å²) in [6, 6.07) is 0. The van der Waals surface area contributed by atoms with E-state index in [-0.39, 0.29) is 5.92 Å². The van der Waals surface area contributed by atoms with Crippen LogP contribution in [0.25, 0.3) is 0 Å². The van der Waals surface area contributed by atoms with Gasteiger partial charge in [-0.1, -0.05) is 20.8 Å². The Morgan fingerprint density at radius 3 is 2.31 bits per heavy atom. The zero-order valence-corrected chi connectivity index (χ0v) is 8.45. The third kappa shape index (κ3) is 4.24. The standard InChI is InChI=1S/C9H19NO3/c1-4-5-10-9(13)8(12)7(11)6(2)3/h6-8,11-12H,4-5H2,1-3H3,(H,10,13)/t7-,8+/m0/s1. The molecule has 0 aromatic rings. The van der Waals surface area contributed by atoms with Crippen LogP contribution < -0.4 is 5.32 Å². The summed E-state index contributed by atoms with van der Waals surface area (Å²) >= 11 is 0. The topological polar surface area (TPSA) is 69.6 Å². The molecule has 2 atom stereocenters. The molecular weight excluding hydrogens is 170 g/mol. The molecule has 0 aliphatic heterocycles. The van der Waals surface area contributed by atoms with E-state index in [0.717, 1.165) is 6.42 Å². The molecule has 0 bridgehead atoms. The maximum Gasteiger partial charge on any atom is 0.251 e. The summed E-state index contributed by atoms with van der Waals surface area (Å²) < 4.78 is 0. The smallest absolute Gasteiger partial charge is 0.251 e. The van der Waals surface area contributed by atoms with Crippen LogP contribution >= 0.6 is 0 Å². The molecule has 78 valence electrons. The van der Waals surface area contributed by atoms with E-state index in [4.69, 9.17) is 0 Å². The number of carbonyl (C=O) groups is 1. The average molecular weight is 189 g/mol. The van der Waals surface area contributed by atoms with Crippen molar-refractivity contribution in [2.24, 2.45) is 5.92 Å². The van der Waals surface area contributed by atoms with Gasteiger partial charge in [-0.3, -0.25) is 4.79 Å². The summed E-state index contributed by atoms with van der Waals surface area (Å²) in [5.74, 6) is -0.620. The summed E-state index contributed by atoms with van der Waals surface area (Å²) in [5.41, 5.74) is 0. The molecule has 0 aliphatic rings. The van der Waals surface area contributed by atoms with Crippen LogP contribution in [0.5, 0.6) is 0 Å². The van der Waals surface area contributed by atoms with Crippen molar-refractivity contribution in [3.8, 4) is 0 Å². The van der Waals surface area contributed by atoms with Crippen molar-refractivity contribution in [1.82, 2.24) is 5.32 Å². The number of hydrogen-bond acceptors (Lipinski definition) is 3. The molecule has 0 radical (unpaired) electrons. The van der Waals surface area contributed by atoms with Crippen LogP contribution in [0.4, 0.5) is 0 Å². The van der Waals surface area contributed by atoms with Gasteiger partial charge < -0.3 is 15.5 Å². The van der Waals surface area contributed by atoms with Crippen molar-refractivity contribution in [3.63, 3.8) is 0 Å². The Bertz CT molecular complexity index is 159. The monoisotopic (exact) mass is 189 g/mol. The van der Waals surface area contributed by atoms with Gasteiger partial charge in [-0.15, -0.1) is 0 Å². The lowest BCUT2D eigenvalue weighted by atomic mass is 10.0. The summed E-state index contributed by atoms with van der Waals surface area (Å²) in [6.07, 6.45) is -1.49. The van der Waals surface area contributed by atoms with Gasteiger partial charge in [-0.05, 0) is 12.3 Å². The molecule has 0 aliphatic carbocycles. The van der Waals surface area contributed by atoms with E-state index in [2.05, 4.69) is 5.32 Å². The average Bonchev–Trinajstić information content (AvgIpc) is 2.11. The summed E-state index contributed by atoms with van der Waals surface area (Å²) in [4.78, 5) is 11.1. The molecule has 0 saturated heterocycles. The Kier molecular flexibility index (Phi) is 5.66. The number of nitrogens with one attached hydrogen (secondary N) is 1. The molecule has 0 aromatic heterocycles. The van der Waals surface area contributed by atoms with Crippen LogP contribution in [0.1, 0.15) is 27.2 Å². The minimum Gasteiger partial charge on any atom is -0.390 e. The first-order valence-corrected chi connectivity index (χ1v) is 4.64. The van der Waals surface area contributed by atoms with Crippen molar-refractivity contribution in [1.29, 1.82) is 0 Å². The van der Waals surface area contributed by atoms with E-state index in [0.29, 0.717) is 6.54 Å². The number of hydrogen-bond donors (Lipinski definition) is 3. The van der Waals surface area contributed by atoms with Crippen molar-refractivity contribution in [2.75, 3.05) is 6.54 Å². The first kappa shape index (κ1) is 12.4. The molecule has 0 fully saturated rings. The van der Waals surface area contributed by atoms with Gasteiger partial charge in [0.15, 0.2) is 6.10 Å². The van der Waals surface area contributed by atoms with Gasteiger partial charge in [-0.2, -0.15) is 0 Å². The minimum atomic E-state index is -1.31. The lowest BCUT2D eigenvalue weighted by molar-refractivity contribution is -0.136. The SMILES string of the molecule is CCCNC(=O)[C@H](O)[C@@H](O)C(C)C. The summed E-state index contributed by atoms with van der Waals surface area (Å²) in [7, 11) is 0. The van der Waals surface area contributed by atoms with Gasteiger partial charge in [0.25, 0.3) is 5.91 Å². The number of aliphatic hydroxyl groups excluding tert-OH is 2. The van der Waals surface area contributed by atoms with Crippen LogP contribution in [0, 0.1) is 5.92 Å². The summed E-state index contributed by atoms with van der Waals surface area (Å²) in [5, 5.41) is 21.2. The molecule has 4 nitrogen and oxygen atoms in total. The zero-order valence-electron chi connectivity index (χ0n) is 8.45. The van der Waals surface area contributed by atoms with E-state index in [9.17, 15) is 15.0 Å². The second kappa shape index (κ2) is 5.94. The van der Waals surface area contributed by atoms with Crippen molar-refractivity contribution in [3.05, 3.63) is 0 Å². The quantitative estimate of drug-likeness (QED) is 0.565. The lowest BCUT2D eigenvalue weighted by Gasteiger charge is -2.20. The number of rotatable bonds is 5. The van der Waals surface area contributed by atoms with E-state index in [1.807, 2.05) is 6.92 Å². The molecule has 13 heavy (non-hydrogen) atoms. The Morgan fingerprint density at radius 1 is 1.38 bits per heavy atom. The van der Waals surface area contributed by atoms with Crippen LogP contribution in [0.15, 0.2) is 0 Å². The Morgan fingerprint density at radius 2 is 1.92 bits per heavy atom. The highest BCUT2D eigenvalue weighted by Gasteiger charge is 2.25. The van der Waals surface area contributed by atoms with E-state index >= 15 is 0 Å². The molecule has 0 rings (SSSR count). The Balaban J connectivity index is 3.94. The predicted octanol–water partition coefficient (Wildman–Crippen LogP) is -0.110. The fourth-order valence-corrected chi connectivity index (χ4v) is 0.872. The van der Waals surface area contributed by atoms with Gasteiger partial charge in [0.1, 0.15) is 0 Å². The van der Waals surface area contributed by atoms with Gasteiger partial charge in [0.05, 0.1) is 6.10 Å². The fraction of sp³-hybridized carbons (Fsp3) is 0.889. The van der Waals surface area contributed by atoms with Crippen LogP contribution in [-0.2, 0) is 4.79 Å². The van der Waals surface area contributed by atoms with Crippen LogP contribution in [0.2, 0.25) is 0 Å². The largest absolute Gasteiger partial charge is 0.390 e. The molecule has 1 amide bonds. The fourth-order valence-electron chi connectivity index (χ4n) is 0.872. The molecule has 3 N–H and O–H groups in total. The molecule has 0 aromatic carbocycles. The lowest BCUT2D eigenvalue weighted by Crippen LogP contribution is -2.44. The zero-order chi connectivity index (χ0) is 10.4. The second-order valence-corrected chi connectivity index (χ2v) is 3.47. The molecular formula is C9H19NO3. The van der Waals surface area contributed by atoms with Gasteiger partial charge in [-0.25, -0.2) is 0 Å². The Labute approximate surface area is 79.0 Å². The predicted molar refractivity (Wildman–Crippen MR) is 50.2 cm³/mol. The van der Waals surface area contributed by atoms with E-state index < -0.39 is 18.1 Å². The van der Waals surface area contributed by atoms with Crippen LogP contribution in [-0.4, -0.2) is 34.9 Å². The Hall–Kier alpha value is -0.610. The van der Waals surface area contributed by atoms with Crippen molar-refractivity contribution in [2.45, 2.75) is 39.4 Å². The van der Waals surface area contributed by atoms with Gasteiger partial charge >= 0.3 is 0 Å². The first-order chi connectivity index (χ1) is 6.00. The number of aliphatic hydroxyl groups is 2. The minimum absolute atomic E-state index is 0.123. The summed E-state index contributed by atoms with van der Waals surface area (Å²) in [6.45, 7) is 5.95. The molecule has 0 heterocycles. The molecule has 0 unspecified atom stereocenters. The highest BCUT2D eigenvalue weighted by atomic mass is 16.3. The maximum atomic E-state index is 11.1. The number of carbonyl (C=O) groups excluding carboxylic acids is 1. The van der Waals surface area contributed by atoms with Gasteiger partial charge in [0, 0.05) is 6.54 Å². The molecule has 0 saturated carbocycles. The van der Waals surface area contributed by atoms with Crippen molar-refractivity contribution >= 4 is 5.91 Å². The van der Waals surface area contributed by atoms with E-state index in [1.54, 1.807) is 13.8 Å². The third-order valence-corrected chi connectivity index (χ3v) is 1.82. The van der Waals surface area contributed by atoms with Crippen LogP contribution in [0.3, 0.4) is 0 Å². The first-order valence-electron chi connectivity index (χ1n) is 4.64. The highest BCUT2D eigenvalue weighted by Crippen LogP contribution is 2.05. The highest BCUT2D eigenvalue weighted by molar-refractivity contribution is 5.81. The second-order valence-electron chi connectivity index (χ2n) is 3.47. The van der Waals surface area contributed by atoms with Crippen molar-refractivity contribution < 1.29 is 15.0 Å².